The van der Waals surface area contributed by atoms with Crippen LogP contribution in [0.25, 0.3) is 0 Å². The van der Waals surface area contributed by atoms with Crippen LogP contribution in [0.3, 0.4) is 0 Å². The van der Waals surface area contributed by atoms with Crippen molar-refractivity contribution in [2.45, 2.75) is 17.4 Å². The van der Waals surface area contributed by atoms with E-state index in [1.807, 2.05) is 0 Å². The van der Waals surface area contributed by atoms with Crippen LogP contribution in [0.2, 0.25) is 0 Å². The molecule has 0 saturated heterocycles. The van der Waals surface area contributed by atoms with Crippen molar-refractivity contribution in [2.75, 3.05) is 20.3 Å². The largest absolute Gasteiger partial charge is 0.386 e. The van der Waals surface area contributed by atoms with Crippen molar-refractivity contribution >= 4 is 10.0 Å². The molecular formula is C9H17N3O4S. The second-order valence-corrected chi connectivity index (χ2v) is 5.87. The minimum atomic E-state index is -3.64. The lowest BCUT2D eigenvalue weighted by atomic mass is 10.1. The summed E-state index contributed by atoms with van der Waals surface area (Å²) in [6.45, 7) is 1.41. The van der Waals surface area contributed by atoms with Gasteiger partial charge in [0.15, 0.2) is 0 Å². The number of nitrogens with zero attached hydrogens (tertiary/aromatic N) is 2. The van der Waals surface area contributed by atoms with Crippen LogP contribution in [0.4, 0.5) is 0 Å². The minimum absolute atomic E-state index is 0.0442. The molecule has 8 heteroatoms. The molecule has 1 aromatic rings. The number of aliphatic hydroxyl groups is 1. The topological polar surface area (TPSA) is 93.4 Å². The van der Waals surface area contributed by atoms with E-state index in [9.17, 15) is 13.5 Å². The number of hydrogen-bond acceptors (Lipinski definition) is 5. The molecule has 0 aromatic carbocycles. The summed E-state index contributed by atoms with van der Waals surface area (Å²) < 4.78 is 32.0. The number of nitrogens with one attached hydrogen (secondary N) is 1. The van der Waals surface area contributed by atoms with E-state index in [2.05, 4.69) is 9.82 Å². The minimum Gasteiger partial charge on any atom is -0.386 e. The van der Waals surface area contributed by atoms with Crippen molar-refractivity contribution in [2.24, 2.45) is 7.05 Å². The van der Waals surface area contributed by atoms with E-state index in [4.69, 9.17) is 4.74 Å². The van der Waals surface area contributed by atoms with Crippen LogP contribution in [0.5, 0.6) is 0 Å². The van der Waals surface area contributed by atoms with Crippen molar-refractivity contribution in [1.82, 2.24) is 14.5 Å². The van der Waals surface area contributed by atoms with Crippen LogP contribution in [-0.2, 0) is 21.8 Å². The van der Waals surface area contributed by atoms with Crippen LogP contribution in [0, 0.1) is 0 Å². The first-order valence-corrected chi connectivity index (χ1v) is 6.45. The second kappa shape index (κ2) is 5.13. The van der Waals surface area contributed by atoms with Gasteiger partial charge in [-0.3, -0.25) is 4.68 Å². The van der Waals surface area contributed by atoms with Gasteiger partial charge in [0.05, 0.1) is 18.4 Å². The van der Waals surface area contributed by atoms with Gasteiger partial charge < -0.3 is 9.84 Å². The molecule has 0 fully saturated rings. The van der Waals surface area contributed by atoms with Gasteiger partial charge in [-0.15, -0.1) is 0 Å². The first-order chi connectivity index (χ1) is 7.77. The maximum Gasteiger partial charge on any atom is 0.243 e. The Morgan fingerprint density at radius 3 is 2.76 bits per heavy atom. The van der Waals surface area contributed by atoms with Gasteiger partial charge in [0.2, 0.25) is 10.0 Å². The number of methoxy groups -OCH3 is 1. The van der Waals surface area contributed by atoms with Crippen molar-refractivity contribution in [3.63, 3.8) is 0 Å². The Morgan fingerprint density at radius 2 is 2.29 bits per heavy atom. The third-order valence-corrected chi connectivity index (χ3v) is 3.45. The number of rotatable bonds is 6. The SMILES string of the molecule is COC[C@@](C)(O)CNS(=O)(=O)c1cnn(C)c1. The lowest BCUT2D eigenvalue weighted by Gasteiger charge is -2.22. The van der Waals surface area contributed by atoms with Crippen LogP contribution in [-0.4, -0.2) is 49.2 Å². The van der Waals surface area contributed by atoms with Gasteiger partial charge in [-0.2, -0.15) is 5.10 Å². The Morgan fingerprint density at radius 1 is 1.65 bits per heavy atom. The first kappa shape index (κ1) is 14.1. The molecule has 0 aliphatic carbocycles. The number of sulfonamides is 1. The van der Waals surface area contributed by atoms with Crippen molar-refractivity contribution < 1.29 is 18.3 Å². The molecular weight excluding hydrogens is 246 g/mol. The molecule has 17 heavy (non-hydrogen) atoms. The van der Waals surface area contributed by atoms with Crippen molar-refractivity contribution in [1.29, 1.82) is 0 Å². The molecule has 1 heterocycles. The van der Waals surface area contributed by atoms with E-state index in [1.54, 1.807) is 7.05 Å². The van der Waals surface area contributed by atoms with Crippen LogP contribution in [0.15, 0.2) is 17.3 Å². The zero-order chi connectivity index (χ0) is 13.1. The van der Waals surface area contributed by atoms with Gasteiger partial charge in [0.25, 0.3) is 0 Å². The molecule has 0 unspecified atom stereocenters. The summed E-state index contributed by atoms with van der Waals surface area (Å²) in [4.78, 5) is 0.0632. The summed E-state index contributed by atoms with van der Waals surface area (Å²) >= 11 is 0. The summed E-state index contributed by atoms with van der Waals surface area (Å²) in [5.74, 6) is 0. The highest BCUT2D eigenvalue weighted by molar-refractivity contribution is 7.89. The summed E-state index contributed by atoms with van der Waals surface area (Å²) in [6.07, 6.45) is 2.63. The molecule has 1 rings (SSSR count). The third-order valence-electron chi connectivity index (χ3n) is 2.09. The Balaban J connectivity index is 2.69. The maximum atomic E-state index is 11.8. The Labute approximate surface area is 100 Å². The highest BCUT2D eigenvalue weighted by atomic mass is 32.2. The molecule has 98 valence electrons. The van der Waals surface area contributed by atoms with E-state index >= 15 is 0 Å². The van der Waals surface area contributed by atoms with E-state index < -0.39 is 15.6 Å². The van der Waals surface area contributed by atoms with E-state index in [-0.39, 0.29) is 18.0 Å². The molecule has 7 nitrogen and oxygen atoms in total. The summed E-state index contributed by atoms with van der Waals surface area (Å²) in [5, 5.41) is 13.5. The number of hydrogen-bond donors (Lipinski definition) is 2. The fraction of sp³-hybridized carbons (Fsp3) is 0.667. The van der Waals surface area contributed by atoms with Gasteiger partial charge in [-0.25, -0.2) is 13.1 Å². The Kier molecular flexibility index (Phi) is 4.26. The molecule has 0 aliphatic rings. The smallest absolute Gasteiger partial charge is 0.243 e. The van der Waals surface area contributed by atoms with Crippen LogP contribution in [0.1, 0.15) is 6.92 Å². The zero-order valence-corrected chi connectivity index (χ0v) is 10.9. The van der Waals surface area contributed by atoms with E-state index in [0.29, 0.717) is 0 Å². The quantitative estimate of drug-likeness (QED) is 0.693. The Hall–Kier alpha value is -0.960. The molecule has 0 aliphatic heterocycles. The molecule has 0 radical (unpaired) electrons. The van der Waals surface area contributed by atoms with Gasteiger partial charge in [-0.1, -0.05) is 0 Å². The number of ether oxygens (including phenoxy) is 1. The predicted octanol–water partition coefficient (Wildman–Crippen LogP) is -0.904. The molecule has 0 amide bonds. The van der Waals surface area contributed by atoms with Crippen molar-refractivity contribution in [3.05, 3.63) is 12.4 Å². The summed E-state index contributed by atoms with van der Waals surface area (Å²) in [6, 6.07) is 0. The van der Waals surface area contributed by atoms with Gasteiger partial charge in [0.1, 0.15) is 4.90 Å². The lowest BCUT2D eigenvalue weighted by Crippen LogP contribution is -2.43. The van der Waals surface area contributed by atoms with Gasteiger partial charge in [-0.05, 0) is 6.92 Å². The average Bonchev–Trinajstić information content (AvgIpc) is 2.63. The summed E-state index contributed by atoms with van der Waals surface area (Å²) in [5.41, 5.74) is -1.25. The molecule has 1 aromatic heterocycles. The zero-order valence-electron chi connectivity index (χ0n) is 10.0. The summed E-state index contributed by atoms with van der Waals surface area (Å²) in [7, 11) is -0.580. The lowest BCUT2D eigenvalue weighted by molar-refractivity contribution is -0.0119. The second-order valence-electron chi connectivity index (χ2n) is 4.10. The van der Waals surface area contributed by atoms with Crippen LogP contribution < -0.4 is 4.72 Å². The standard InChI is InChI=1S/C9H17N3O4S/c1-9(13,7-16-3)6-11-17(14,15)8-4-10-12(2)5-8/h4-5,11,13H,6-7H2,1-3H3/t9-/m0/s1. The third kappa shape index (κ3) is 4.08. The molecule has 0 spiro atoms. The fourth-order valence-corrected chi connectivity index (χ4v) is 2.38. The van der Waals surface area contributed by atoms with Crippen molar-refractivity contribution in [3.8, 4) is 0 Å². The average molecular weight is 263 g/mol. The van der Waals surface area contributed by atoms with Gasteiger partial charge >= 0.3 is 0 Å². The monoisotopic (exact) mass is 263 g/mol. The normalized spacial score (nSPS) is 15.8. The Bertz CT molecular complexity index is 466. The van der Waals surface area contributed by atoms with Gasteiger partial charge in [0, 0.05) is 26.9 Å². The maximum absolute atomic E-state index is 11.8. The van der Waals surface area contributed by atoms with E-state index in [0.717, 1.165) is 0 Å². The first-order valence-electron chi connectivity index (χ1n) is 4.96. The highest BCUT2D eigenvalue weighted by Gasteiger charge is 2.24. The molecule has 0 saturated carbocycles. The van der Waals surface area contributed by atoms with Crippen LogP contribution >= 0.6 is 0 Å². The fourth-order valence-electron chi connectivity index (χ4n) is 1.23. The predicted molar refractivity (Wildman–Crippen MR) is 60.9 cm³/mol. The molecule has 2 N–H and O–H groups in total. The number of aryl methyl sites for hydroxylation is 1. The highest BCUT2D eigenvalue weighted by Crippen LogP contribution is 2.08. The van der Waals surface area contributed by atoms with E-state index in [1.165, 1.54) is 31.1 Å². The number of aromatic nitrogens is 2. The molecule has 0 bridgehead atoms. The molecule has 1 atom stereocenters.